The van der Waals surface area contributed by atoms with Gasteiger partial charge < -0.3 is 9.73 Å². The number of hydrogen-bond acceptors (Lipinski definition) is 5. The van der Waals surface area contributed by atoms with E-state index < -0.39 is 14.5 Å². The van der Waals surface area contributed by atoms with Crippen LogP contribution in [0.2, 0.25) is 0 Å². The molecule has 8 nitrogen and oxygen atoms in total. The molecule has 1 heterocycles. The summed E-state index contributed by atoms with van der Waals surface area (Å²) < 4.78 is 16.4. The van der Waals surface area contributed by atoms with E-state index in [9.17, 15) is 14.3 Å². The topological polar surface area (TPSA) is 107 Å². The summed E-state index contributed by atoms with van der Waals surface area (Å²) in [6, 6.07) is 3.27. The molecule has 0 aliphatic heterocycles. The smallest absolute Gasteiger partial charge is 0.381 e. The van der Waals surface area contributed by atoms with Crippen LogP contribution < -0.4 is 10.4 Å². The predicted molar refractivity (Wildman–Crippen MR) is 79.4 cm³/mol. The van der Waals surface area contributed by atoms with Crippen LogP contribution in [0.3, 0.4) is 0 Å². The highest BCUT2D eigenvalue weighted by Crippen LogP contribution is 2.42. The van der Waals surface area contributed by atoms with E-state index in [1.807, 2.05) is 17.9 Å². The van der Waals surface area contributed by atoms with Crippen LogP contribution in [0.1, 0.15) is 49.3 Å². The van der Waals surface area contributed by atoms with Gasteiger partial charge in [-0.15, -0.1) is 9.64 Å². The summed E-state index contributed by atoms with van der Waals surface area (Å²) in [6.45, 7) is 1.12. The Morgan fingerprint density at radius 1 is 1.36 bits per heavy atom. The largest absolute Gasteiger partial charge is 0.490 e. The molecule has 122 valence electrons. The first-order valence-corrected chi connectivity index (χ1v) is 8.65. The molecule has 0 bridgehead atoms. The third kappa shape index (κ3) is 4.25. The fourth-order valence-electron chi connectivity index (χ4n) is 2.70. The number of nitroso groups, excluding NO2 is 1. The molecule has 0 spiro atoms. The second-order valence-electron chi connectivity index (χ2n) is 5.37. The number of nitrogens with zero attached hydrogens (tertiary/aromatic N) is 2. The van der Waals surface area contributed by atoms with Gasteiger partial charge in [-0.2, -0.15) is 0 Å². The summed E-state index contributed by atoms with van der Waals surface area (Å²) in [5, 5.41) is 0. The van der Waals surface area contributed by atoms with E-state index in [2.05, 4.69) is 4.52 Å². The standard InChI is InChI=1S/C13H19N2O6P/c1-10-7-12(11-5-3-2-4-6-11)15(13(16)8-10)20-9-21-22(18,19)14-17/h7-8,11H,2-6,9H2,1H3,(H,18,19). The minimum Gasteiger partial charge on any atom is -0.381 e. The van der Waals surface area contributed by atoms with Crippen molar-refractivity contribution in [2.45, 2.75) is 44.9 Å². The highest BCUT2D eigenvalue weighted by Gasteiger charge is 2.23. The molecule has 1 aliphatic carbocycles. The first-order chi connectivity index (χ1) is 10.4. The van der Waals surface area contributed by atoms with E-state index >= 15 is 0 Å². The molecule has 2 rings (SSSR count). The summed E-state index contributed by atoms with van der Waals surface area (Å²) in [5.74, 6) is 0.200. The Morgan fingerprint density at radius 2 is 2.05 bits per heavy atom. The second kappa shape index (κ2) is 7.17. The summed E-state index contributed by atoms with van der Waals surface area (Å²) in [7, 11) is -4.55. The third-order valence-electron chi connectivity index (χ3n) is 3.69. The molecular formula is C13H19N2O6P. The molecule has 0 aromatic carbocycles. The van der Waals surface area contributed by atoms with Crippen LogP contribution in [0.5, 0.6) is 0 Å². The van der Waals surface area contributed by atoms with E-state index in [1.165, 1.54) is 12.5 Å². The number of rotatable bonds is 6. The van der Waals surface area contributed by atoms with Gasteiger partial charge in [0.1, 0.15) is 0 Å². The zero-order valence-corrected chi connectivity index (χ0v) is 13.2. The van der Waals surface area contributed by atoms with E-state index in [1.54, 1.807) is 0 Å². The van der Waals surface area contributed by atoms with Gasteiger partial charge in [0.15, 0.2) is 0 Å². The zero-order valence-electron chi connectivity index (χ0n) is 12.3. The summed E-state index contributed by atoms with van der Waals surface area (Å²) >= 11 is 0. The molecular weight excluding hydrogens is 311 g/mol. The quantitative estimate of drug-likeness (QED) is 0.488. The lowest BCUT2D eigenvalue weighted by atomic mass is 9.86. The second-order valence-corrected chi connectivity index (χ2v) is 6.78. The van der Waals surface area contributed by atoms with E-state index in [4.69, 9.17) is 9.73 Å². The molecule has 1 unspecified atom stereocenters. The molecule has 0 radical (unpaired) electrons. The van der Waals surface area contributed by atoms with Crippen molar-refractivity contribution in [1.82, 2.24) is 4.73 Å². The SMILES string of the molecule is Cc1cc(C2CCCCC2)n(OCOP(=O)(O)N=O)c(=O)c1. The maximum atomic E-state index is 12.1. The molecule has 1 fully saturated rings. The maximum Gasteiger partial charge on any atom is 0.490 e. The van der Waals surface area contributed by atoms with Gasteiger partial charge in [-0.1, -0.05) is 19.3 Å². The van der Waals surface area contributed by atoms with Gasteiger partial charge in [-0.25, -0.2) is 9.09 Å². The minimum absolute atomic E-state index is 0.200. The minimum atomic E-state index is -4.55. The van der Waals surface area contributed by atoms with Gasteiger partial charge in [-0.3, -0.25) is 4.79 Å². The van der Waals surface area contributed by atoms with Crippen molar-refractivity contribution in [3.8, 4) is 0 Å². The molecule has 0 saturated heterocycles. The first kappa shape index (κ1) is 16.9. The summed E-state index contributed by atoms with van der Waals surface area (Å²) in [5.41, 5.74) is 1.17. The van der Waals surface area contributed by atoms with Crippen molar-refractivity contribution in [3.63, 3.8) is 0 Å². The molecule has 1 atom stereocenters. The zero-order chi connectivity index (χ0) is 16.2. The Morgan fingerprint density at radius 3 is 2.68 bits per heavy atom. The highest BCUT2D eigenvalue weighted by atomic mass is 31.2. The Kier molecular flexibility index (Phi) is 5.50. The Labute approximate surface area is 127 Å². The summed E-state index contributed by atoms with van der Waals surface area (Å²) in [6.07, 6.45) is 5.27. The van der Waals surface area contributed by atoms with Crippen molar-refractivity contribution in [1.29, 1.82) is 0 Å². The van der Waals surface area contributed by atoms with Crippen molar-refractivity contribution in [2.75, 3.05) is 6.79 Å². The maximum absolute atomic E-state index is 12.1. The van der Waals surface area contributed by atoms with E-state index in [0.29, 0.717) is 0 Å². The van der Waals surface area contributed by atoms with Crippen LogP contribution in [0.4, 0.5) is 0 Å². The van der Waals surface area contributed by atoms with Crippen LogP contribution in [0.25, 0.3) is 0 Å². The third-order valence-corrected chi connectivity index (χ3v) is 4.34. The molecule has 1 aromatic rings. The molecule has 1 saturated carbocycles. The Balaban J connectivity index is 2.20. The molecule has 22 heavy (non-hydrogen) atoms. The van der Waals surface area contributed by atoms with Crippen LogP contribution in [0, 0.1) is 11.8 Å². The molecule has 1 N–H and O–H groups in total. The molecule has 1 aliphatic rings. The van der Waals surface area contributed by atoms with Crippen molar-refractivity contribution in [2.24, 2.45) is 4.95 Å². The van der Waals surface area contributed by atoms with Crippen LogP contribution in [-0.2, 0) is 9.09 Å². The monoisotopic (exact) mass is 330 g/mol. The number of aryl methyl sites for hydroxylation is 1. The fraction of sp³-hybridized carbons (Fsp3) is 0.615. The van der Waals surface area contributed by atoms with Crippen LogP contribution >= 0.6 is 7.75 Å². The normalized spacial score (nSPS) is 18.6. The average Bonchev–Trinajstić information content (AvgIpc) is 2.50. The van der Waals surface area contributed by atoms with E-state index in [-0.39, 0.29) is 11.5 Å². The summed E-state index contributed by atoms with van der Waals surface area (Å²) in [4.78, 5) is 38.2. The lowest BCUT2D eigenvalue weighted by Gasteiger charge is -2.25. The Bertz CT molecular complexity index is 638. The number of hydrogen-bond donors (Lipinski definition) is 1. The van der Waals surface area contributed by atoms with Gasteiger partial charge >= 0.3 is 7.75 Å². The Hall–Kier alpha value is -1.50. The van der Waals surface area contributed by atoms with Gasteiger partial charge in [0, 0.05) is 16.9 Å². The van der Waals surface area contributed by atoms with Crippen molar-refractivity contribution in [3.05, 3.63) is 38.7 Å². The van der Waals surface area contributed by atoms with Gasteiger partial charge in [-0.05, 0) is 31.4 Å². The number of pyridine rings is 1. The van der Waals surface area contributed by atoms with Crippen LogP contribution in [-0.4, -0.2) is 16.4 Å². The average molecular weight is 330 g/mol. The molecule has 9 heteroatoms. The van der Waals surface area contributed by atoms with E-state index in [0.717, 1.165) is 41.7 Å². The number of aromatic nitrogens is 1. The fourth-order valence-corrected chi connectivity index (χ4v) is 2.93. The van der Waals surface area contributed by atoms with Gasteiger partial charge in [0.25, 0.3) is 5.56 Å². The highest BCUT2D eigenvalue weighted by molar-refractivity contribution is 7.51. The van der Waals surface area contributed by atoms with Gasteiger partial charge in [0.05, 0.1) is 5.69 Å². The lowest BCUT2D eigenvalue weighted by molar-refractivity contribution is -0.0116. The van der Waals surface area contributed by atoms with Gasteiger partial charge in [0.2, 0.25) is 6.79 Å². The van der Waals surface area contributed by atoms with Crippen molar-refractivity contribution < 1.29 is 18.8 Å². The van der Waals surface area contributed by atoms with Crippen LogP contribution in [0.15, 0.2) is 21.9 Å². The molecule has 0 amide bonds. The lowest BCUT2D eigenvalue weighted by Crippen LogP contribution is -2.32. The predicted octanol–water partition coefficient (Wildman–Crippen LogP) is 2.47. The molecule has 1 aromatic heterocycles. The first-order valence-electron chi connectivity index (χ1n) is 7.12. The van der Waals surface area contributed by atoms with Crippen molar-refractivity contribution >= 4 is 7.75 Å².